The van der Waals surface area contributed by atoms with Crippen LogP contribution >= 0.6 is 139 Å². The Morgan fingerprint density at radius 2 is 0.432 bits per heavy atom. The number of hydrogen-bond acceptors (Lipinski definition) is 0. The van der Waals surface area contributed by atoms with Gasteiger partial charge in [0.2, 0.25) is 0 Å². The standard InChI is InChI=1S/4C6H2Cl3.Sn/c4*7-4-1-2-5(8)6(9)3-4;/h4*1-2H;. The molecule has 4 aromatic carbocycles. The van der Waals surface area contributed by atoms with Crippen LogP contribution in [-0.4, -0.2) is 18.4 Å². The van der Waals surface area contributed by atoms with Gasteiger partial charge in [-0.15, -0.1) is 0 Å². The molecule has 0 heterocycles. The van der Waals surface area contributed by atoms with Gasteiger partial charge in [-0.25, -0.2) is 0 Å². The fraction of sp³-hybridized carbons (Fsp3) is 0. The van der Waals surface area contributed by atoms with Gasteiger partial charge in [-0.05, 0) is 0 Å². The van der Waals surface area contributed by atoms with Crippen LogP contribution in [0, 0.1) is 0 Å². The van der Waals surface area contributed by atoms with E-state index in [2.05, 4.69) is 0 Å². The van der Waals surface area contributed by atoms with Crippen LogP contribution in [0.25, 0.3) is 0 Å². The first-order chi connectivity index (χ1) is 17.3. The summed E-state index contributed by atoms with van der Waals surface area (Å²) in [5, 5.41) is 2.08. The monoisotopic (exact) mass is 836 g/mol. The van der Waals surface area contributed by atoms with E-state index in [4.69, 9.17) is 139 Å². The van der Waals surface area contributed by atoms with E-state index < -0.39 is 18.4 Å². The van der Waals surface area contributed by atoms with Crippen molar-refractivity contribution < 1.29 is 0 Å². The van der Waals surface area contributed by atoms with Gasteiger partial charge in [-0.1, -0.05) is 0 Å². The SMILES string of the molecule is Clc1ccc(Cl)[c]([Sn]([c]2c(Cl)ccc(Cl)c2Cl)([c]2c(Cl)ccc(Cl)c2Cl)[c]2c(Cl)ccc(Cl)c2Cl)c1Cl. The van der Waals surface area contributed by atoms with Crippen molar-refractivity contribution in [3.8, 4) is 0 Å². The van der Waals surface area contributed by atoms with Crippen molar-refractivity contribution in [2.45, 2.75) is 0 Å². The Morgan fingerprint density at radius 1 is 0.270 bits per heavy atom. The maximum atomic E-state index is 6.94. The first-order valence-corrected chi connectivity index (χ1v) is 20.2. The molecule has 13 heteroatoms. The predicted octanol–water partition coefficient (Wildman–Crippen LogP) is 10.9. The van der Waals surface area contributed by atoms with E-state index >= 15 is 0 Å². The molecule has 0 amide bonds. The van der Waals surface area contributed by atoms with Crippen LogP contribution in [0.4, 0.5) is 0 Å². The third kappa shape index (κ3) is 5.29. The molecule has 4 aromatic rings. The molecule has 0 radical (unpaired) electrons. The molecule has 0 aliphatic carbocycles. The summed E-state index contributed by atoms with van der Waals surface area (Å²) in [4.78, 5) is 0. The van der Waals surface area contributed by atoms with E-state index in [9.17, 15) is 0 Å². The molecule has 0 fully saturated rings. The second kappa shape index (κ2) is 12.2. The van der Waals surface area contributed by atoms with Crippen molar-refractivity contribution in [2.75, 3.05) is 0 Å². The molecule has 0 nitrogen and oxygen atoms in total. The van der Waals surface area contributed by atoms with Gasteiger partial charge in [-0.2, -0.15) is 0 Å². The Labute approximate surface area is 277 Å². The Morgan fingerprint density at radius 3 is 0.622 bits per heavy atom. The summed E-state index contributed by atoms with van der Waals surface area (Å²) in [6, 6.07) is 12.5. The molecule has 0 atom stereocenters. The van der Waals surface area contributed by atoms with Gasteiger partial charge in [0.1, 0.15) is 0 Å². The number of benzene rings is 4. The summed E-state index contributed by atoms with van der Waals surface area (Å²) < 4.78 is 1.48. The van der Waals surface area contributed by atoms with Gasteiger partial charge >= 0.3 is 281 Å². The van der Waals surface area contributed by atoms with Crippen molar-refractivity contribution in [1.29, 1.82) is 0 Å². The van der Waals surface area contributed by atoms with E-state index in [1.807, 2.05) is 0 Å². The first kappa shape index (κ1) is 31.1. The molecule has 0 saturated carbocycles. The van der Waals surface area contributed by atoms with E-state index in [0.717, 1.165) is 0 Å². The van der Waals surface area contributed by atoms with Crippen LogP contribution in [0.3, 0.4) is 0 Å². The minimum atomic E-state index is -5.37. The zero-order chi connectivity index (χ0) is 27.4. The molecular weight excluding hydrogens is 832 g/mol. The minimum absolute atomic E-state index is 0.108. The Balaban J connectivity index is 2.53. The number of halogens is 12. The van der Waals surface area contributed by atoms with Crippen LogP contribution in [-0.2, 0) is 0 Å². The molecule has 37 heavy (non-hydrogen) atoms. The average molecular weight is 840 g/mol. The van der Waals surface area contributed by atoms with Crippen molar-refractivity contribution in [2.24, 2.45) is 0 Å². The molecular formula is C24H8Cl12Sn. The average Bonchev–Trinajstić information content (AvgIpc) is 2.84. The van der Waals surface area contributed by atoms with E-state index in [1.165, 1.54) is 0 Å². The summed E-state index contributed by atoms with van der Waals surface area (Å²) in [5.41, 5.74) is 0. The summed E-state index contributed by atoms with van der Waals surface area (Å²) in [5.74, 6) is 0. The maximum absolute atomic E-state index is 6.94. The van der Waals surface area contributed by atoms with Gasteiger partial charge in [0.25, 0.3) is 0 Å². The number of rotatable bonds is 4. The third-order valence-electron chi connectivity index (χ3n) is 5.68. The van der Waals surface area contributed by atoms with Crippen molar-refractivity contribution in [1.82, 2.24) is 0 Å². The molecule has 0 N–H and O–H groups in total. The fourth-order valence-corrected chi connectivity index (χ4v) is 29.5. The van der Waals surface area contributed by atoms with Gasteiger partial charge in [0, 0.05) is 0 Å². The van der Waals surface area contributed by atoms with Crippen LogP contribution < -0.4 is 14.3 Å². The molecule has 0 aliphatic heterocycles. The predicted molar refractivity (Wildman–Crippen MR) is 170 cm³/mol. The van der Waals surface area contributed by atoms with Gasteiger partial charge in [0.05, 0.1) is 0 Å². The molecule has 0 unspecified atom stereocenters. The summed E-state index contributed by atoms with van der Waals surface area (Å²) in [6.07, 6.45) is 0. The van der Waals surface area contributed by atoms with Crippen LogP contribution in [0.15, 0.2) is 48.5 Å². The Bertz CT molecular complexity index is 1330. The molecule has 0 spiro atoms. The van der Waals surface area contributed by atoms with Gasteiger partial charge in [0.15, 0.2) is 0 Å². The molecule has 0 aromatic heterocycles. The first-order valence-electron chi connectivity index (χ1n) is 9.91. The molecule has 192 valence electrons. The second-order valence-electron chi connectivity index (χ2n) is 7.62. The van der Waals surface area contributed by atoms with Crippen molar-refractivity contribution in [3.63, 3.8) is 0 Å². The summed E-state index contributed by atoms with van der Waals surface area (Å²) >= 11 is 76.3. The molecule has 0 aliphatic rings. The third-order valence-corrected chi connectivity index (χ3v) is 28.3. The Hall–Kier alpha value is 1.16. The van der Waals surface area contributed by atoms with E-state index in [-0.39, 0.29) is 60.3 Å². The fourth-order valence-electron chi connectivity index (χ4n) is 4.23. The van der Waals surface area contributed by atoms with Gasteiger partial charge < -0.3 is 0 Å². The summed E-state index contributed by atoms with van der Waals surface area (Å²) in [7, 11) is 0. The zero-order valence-corrected chi connectivity index (χ0v) is 29.6. The van der Waals surface area contributed by atoms with Crippen LogP contribution in [0.1, 0.15) is 0 Å². The second-order valence-corrected chi connectivity index (χ2v) is 22.4. The van der Waals surface area contributed by atoms with Crippen molar-refractivity contribution in [3.05, 3.63) is 109 Å². The van der Waals surface area contributed by atoms with Crippen LogP contribution in [0.5, 0.6) is 0 Å². The van der Waals surface area contributed by atoms with Crippen molar-refractivity contribution >= 4 is 172 Å². The van der Waals surface area contributed by atoms with E-state index in [1.54, 1.807) is 48.5 Å². The number of hydrogen-bond donors (Lipinski definition) is 0. The quantitative estimate of drug-likeness (QED) is 0.142. The van der Waals surface area contributed by atoms with Crippen LogP contribution in [0.2, 0.25) is 60.3 Å². The van der Waals surface area contributed by atoms with Gasteiger partial charge in [-0.3, -0.25) is 0 Å². The summed E-state index contributed by atoms with van der Waals surface area (Å²) in [6.45, 7) is 0. The normalized spacial score (nSPS) is 11.8. The molecule has 4 rings (SSSR count). The molecule has 0 saturated heterocycles. The van der Waals surface area contributed by atoms with E-state index in [0.29, 0.717) is 14.3 Å². The zero-order valence-electron chi connectivity index (χ0n) is 17.7. The topological polar surface area (TPSA) is 0 Å². The molecule has 0 bridgehead atoms. The Kier molecular flexibility index (Phi) is 10.2.